The number of hydrogen-bond acceptors (Lipinski definition) is 1. The molecule has 1 aromatic carbocycles. The van der Waals surface area contributed by atoms with Crippen molar-refractivity contribution in [2.24, 2.45) is 5.92 Å². The van der Waals surface area contributed by atoms with Crippen molar-refractivity contribution in [2.75, 3.05) is 11.9 Å². The van der Waals surface area contributed by atoms with Crippen LogP contribution in [-0.4, -0.2) is 28.7 Å². The number of fused-ring (bicyclic) bond motifs is 1. The van der Waals surface area contributed by atoms with E-state index in [0.29, 0.717) is 11.9 Å². The molecule has 0 aliphatic heterocycles. The van der Waals surface area contributed by atoms with Crippen LogP contribution in [0, 0.1) is 5.92 Å². The molecule has 0 spiro atoms. The number of alkyl halides is 1. The summed E-state index contributed by atoms with van der Waals surface area (Å²) in [4.78, 5) is 15.0. The molecular formula is C17H22BrNO. The van der Waals surface area contributed by atoms with Gasteiger partial charge in [-0.2, -0.15) is 0 Å². The maximum absolute atomic E-state index is 12.9. The molecular weight excluding hydrogens is 314 g/mol. The van der Waals surface area contributed by atoms with Gasteiger partial charge in [0, 0.05) is 23.8 Å². The smallest absolute Gasteiger partial charge is 0.226 e. The SMILES string of the molecule is O=C(C1Cc2ccccc2C1)N(CCCBr)C1CCC1. The first-order valence-corrected chi connectivity index (χ1v) is 8.85. The van der Waals surface area contributed by atoms with Gasteiger partial charge in [0.25, 0.3) is 0 Å². The summed E-state index contributed by atoms with van der Waals surface area (Å²) >= 11 is 3.48. The van der Waals surface area contributed by atoms with Gasteiger partial charge in [-0.1, -0.05) is 40.2 Å². The zero-order valence-corrected chi connectivity index (χ0v) is 13.4. The van der Waals surface area contributed by atoms with Gasteiger partial charge in [0.2, 0.25) is 5.91 Å². The quantitative estimate of drug-likeness (QED) is 0.753. The highest BCUT2D eigenvalue weighted by atomic mass is 79.9. The molecule has 2 aliphatic rings. The second-order valence-electron chi connectivity index (χ2n) is 6.03. The van der Waals surface area contributed by atoms with E-state index in [1.807, 2.05) is 0 Å². The molecule has 0 aromatic heterocycles. The molecule has 0 atom stereocenters. The van der Waals surface area contributed by atoms with Crippen molar-refractivity contribution in [1.82, 2.24) is 4.90 Å². The first-order valence-electron chi connectivity index (χ1n) is 7.73. The molecule has 3 heteroatoms. The fourth-order valence-corrected chi connectivity index (χ4v) is 3.62. The van der Waals surface area contributed by atoms with Crippen molar-refractivity contribution in [3.8, 4) is 0 Å². The topological polar surface area (TPSA) is 20.3 Å². The second-order valence-corrected chi connectivity index (χ2v) is 6.83. The lowest BCUT2D eigenvalue weighted by Gasteiger charge is -2.39. The highest BCUT2D eigenvalue weighted by molar-refractivity contribution is 9.09. The second kappa shape index (κ2) is 6.30. The molecule has 1 saturated carbocycles. The fourth-order valence-electron chi connectivity index (χ4n) is 3.37. The predicted octanol–water partition coefficient (Wildman–Crippen LogP) is 3.57. The first kappa shape index (κ1) is 14.1. The Bertz CT molecular complexity index is 459. The number of amides is 1. The third-order valence-corrected chi connectivity index (χ3v) is 5.29. The Labute approximate surface area is 129 Å². The van der Waals surface area contributed by atoms with Crippen molar-refractivity contribution < 1.29 is 4.79 Å². The molecule has 0 heterocycles. The lowest BCUT2D eigenvalue weighted by molar-refractivity contribution is -0.139. The van der Waals surface area contributed by atoms with Gasteiger partial charge in [-0.15, -0.1) is 0 Å². The van der Waals surface area contributed by atoms with Gasteiger partial charge in [-0.3, -0.25) is 4.79 Å². The van der Waals surface area contributed by atoms with Crippen molar-refractivity contribution in [3.63, 3.8) is 0 Å². The highest BCUT2D eigenvalue weighted by Crippen LogP contribution is 2.31. The minimum atomic E-state index is 0.184. The van der Waals surface area contributed by atoms with Crippen LogP contribution in [0.25, 0.3) is 0 Å². The van der Waals surface area contributed by atoms with Gasteiger partial charge in [0.1, 0.15) is 0 Å². The summed E-state index contributed by atoms with van der Waals surface area (Å²) in [6.07, 6.45) is 6.62. The maximum Gasteiger partial charge on any atom is 0.226 e. The molecule has 0 bridgehead atoms. The van der Waals surface area contributed by atoms with E-state index in [1.54, 1.807) is 0 Å². The van der Waals surface area contributed by atoms with E-state index < -0.39 is 0 Å². The lowest BCUT2D eigenvalue weighted by Crippen LogP contribution is -2.47. The number of carbonyl (C=O) groups is 1. The van der Waals surface area contributed by atoms with Crippen LogP contribution in [0.15, 0.2) is 24.3 Å². The average molecular weight is 336 g/mol. The summed E-state index contributed by atoms with van der Waals surface area (Å²) in [5.74, 6) is 0.579. The Morgan fingerprint density at radius 2 is 1.85 bits per heavy atom. The van der Waals surface area contributed by atoms with Crippen LogP contribution >= 0.6 is 15.9 Å². The Morgan fingerprint density at radius 1 is 1.20 bits per heavy atom. The molecule has 2 aliphatic carbocycles. The average Bonchev–Trinajstić information content (AvgIpc) is 2.84. The zero-order chi connectivity index (χ0) is 13.9. The van der Waals surface area contributed by atoms with Crippen molar-refractivity contribution in [2.45, 2.75) is 44.6 Å². The molecule has 0 saturated heterocycles. The van der Waals surface area contributed by atoms with Crippen LogP contribution in [0.3, 0.4) is 0 Å². The first-order chi connectivity index (χ1) is 9.79. The molecule has 20 heavy (non-hydrogen) atoms. The van der Waals surface area contributed by atoms with Crippen LogP contribution in [0.4, 0.5) is 0 Å². The third-order valence-electron chi connectivity index (χ3n) is 4.73. The maximum atomic E-state index is 12.9. The van der Waals surface area contributed by atoms with E-state index >= 15 is 0 Å². The molecule has 108 valence electrons. The van der Waals surface area contributed by atoms with E-state index in [1.165, 1.54) is 30.4 Å². The number of hydrogen-bond donors (Lipinski definition) is 0. The summed E-state index contributed by atoms with van der Waals surface area (Å²) in [6, 6.07) is 9.04. The van der Waals surface area contributed by atoms with Crippen LogP contribution < -0.4 is 0 Å². The number of nitrogens with zero attached hydrogens (tertiary/aromatic N) is 1. The Balaban J connectivity index is 1.68. The van der Waals surface area contributed by atoms with E-state index in [0.717, 1.165) is 31.1 Å². The Kier molecular flexibility index (Phi) is 4.45. The van der Waals surface area contributed by atoms with Gasteiger partial charge >= 0.3 is 0 Å². The van der Waals surface area contributed by atoms with E-state index in [2.05, 4.69) is 45.1 Å². The summed E-state index contributed by atoms with van der Waals surface area (Å²) < 4.78 is 0. The van der Waals surface area contributed by atoms with Gasteiger partial charge in [0.05, 0.1) is 0 Å². The van der Waals surface area contributed by atoms with E-state index in [9.17, 15) is 4.79 Å². The minimum absolute atomic E-state index is 0.184. The molecule has 3 rings (SSSR count). The van der Waals surface area contributed by atoms with Gasteiger partial charge < -0.3 is 4.90 Å². The van der Waals surface area contributed by atoms with Crippen molar-refractivity contribution in [1.29, 1.82) is 0 Å². The van der Waals surface area contributed by atoms with Crippen LogP contribution in [0.1, 0.15) is 36.8 Å². The lowest BCUT2D eigenvalue weighted by atomic mass is 9.90. The Morgan fingerprint density at radius 3 is 2.35 bits per heavy atom. The van der Waals surface area contributed by atoms with Gasteiger partial charge in [-0.05, 0) is 49.7 Å². The molecule has 1 aromatic rings. The molecule has 1 amide bonds. The minimum Gasteiger partial charge on any atom is -0.339 e. The van der Waals surface area contributed by atoms with Gasteiger partial charge in [-0.25, -0.2) is 0 Å². The van der Waals surface area contributed by atoms with E-state index in [-0.39, 0.29) is 5.92 Å². The van der Waals surface area contributed by atoms with Crippen LogP contribution in [0.5, 0.6) is 0 Å². The van der Waals surface area contributed by atoms with Gasteiger partial charge in [0.15, 0.2) is 0 Å². The summed E-state index contributed by atoms with van der Waals surface area (Å²) in [6.45, 7) is 0.918. The van der Waals surface area contributed by atoms with E-state index in [4.69, 9.17) is 0 Å². The number of halogens is 1. The monoisotopic (exact) mass is 335 g/mol. The molecule has 0 N–H and O–H groups in total. The largest absolute Gasteiger partial charge is 0.339 e. The van der Waals surface area contributed by atoms with Crippen molar-refractivity contribution in [3.05, 3.63) is 35.4 Å². The van der Waals surface area contributed by atoms with Crippen LogP contribution in [-0.2, 0) is 17.6 Å². The molecule has 0 radical (unpaired) electrons. The number of rotatable bonds is 5. The van der Waals surface area contributed by atoms with Crippen LogP contribution in [0.2, 0.25) is 0 Å². The Hall–Kier alpha value is -0.830. The summed E-state index contributed by atoms with van der Waals surface area (Å²) in [7, 11) is 0. The molecule has 2 nitrogen and oxygen atoms in total. The third kappa shape index (κ3) is 2.78. The zero-order valence-electron chi connectivity index (χ0n) is 11.9. The normalized spacial score (nSPS) is 18.6. The number of carbonyl (C=O) groups excluding carboxylic acids is 1. The number of benzene rings is 1. The summed E-state index contributed by atoms with van der Waals surface area (Å²) in [5, 5.41) is 0.981. The summed E-state index contributed by atoms with van der Waals surface area (Å²) in [5.41, 5.74) is 2.75. The highest BCUT2D eigenvalue weighted by Gasteiger charge is 2.35. The predicted molar refractivity (Wildman–Crippen MR) is 85.1 cm³/mol. The molecule has 0 unspecified atom stereocenters. The fraction of sp³-hybridized carbons (Fsp3) is 0.588. The van der Waals surface area contributed by atoms with Crippen molar-refractivity contribution >= 4 is 21.8 Å². The standard InChI is InChI=1S/C17H22BrNO/c18-9-4-10-19(16-7-3-8-16)17(20)15-11-13-5-1-2-6-14(13)12-15/h1-2,5-6,15-16H,3-4,7-12H2. The molecule has 1 fully saturated rings.